The van der Waals surface area contributed by atoms with Crippen LogP contribution in [0.3, 0.4) is 0 Å². The summed E-state index contributed by atoms with van der Waals surface area (Å²) in [4.78, 5) is 55.5. The molecule has 6 aromatic rings. The van der Waals surface area contributed by atoms with E-state index in [0.717, 1.165) is 16.7 Å². The van der Waals surface area contributed by atoms with Crippen molar-refractivity contribution in [3.63, 3.8) is 0 Å². The molecule has 1 unspecified atom stereocenters. The van der Waals surface area contributed by atoms with Gasteiger partial charge in [0.1, 0.15) is 42.5 Å². The summed E-state index contributed by atoms with van der Waals surface area (Å²) in [6.07, 6.45) is 3.68. The Morgan fingerprint density at radius 3 is 2.27 bits per heavy atom. The molecular weight excluding hydrogens is 771 g/mol. The molecule has 2 atom stereocenters. The van der Waals surface area contributed by atoms with E-state index in [1.165, 1.54) is 46.9 Å². The Bertz CT molecular complexity index is 2390. The standard InChI is InChI=1S/C40H33N7O6S3/c1-46-19-18-30-28(20-46)42-39(53-30)56-22-24-21-54-36-32(35(49)47(36)33(24)37(50)51)43-34(48)31(45-52-2)29-23-55-38(41-29)44-40(25-12-6-3-7-13-25,26-14-8-4-9-15-26)27-16-10-5-11-17-27/h3-20,23,32,36H,21-22H2,1-2H3,(H2-,41,43,44,48,50,51)/p+1/t32?,36-/m0/s1. The molecule has 0 radical (unpaired) electrons. The van der Waals surface area contributed by atoms with Crippen molar-refractivity contribution in [2.24, 2.45) is 12.2 Å². The number of aryl methyl sites for hydroxylation is 1. The number of anilines is 1. The smallest absolute Gasteiger partial charge is 0.352 e. The number of thiazole rings is 1. The fraction of sp³-hybridized carbons (Fsp3) is 0.175. The molecule has 1 fully saturated rings. The first-order chi connectivity index (χ1) is 27.3. The van der Waals surface area contributed by atoms with Crippen molar-refractivity contribution in [2.75, 3.05) is 23.9 Å². The molecule has 2 aliphatic heterocycles. The van der Waals surface area contributed by atoms with E-state index in [1.54, 1.807) is 5.38 Å². The molecule has 3 aromatic heterocycles. The molecule has 0 saturated carbocycles. The number of rotatable bonds is 13. The second-order valence-corrected chi connectivity index (χ2v) is 15.8. The van der Waals surface area contributed by atoms with Crippen molar-refractivity contribution in [1.29, 1.82) is 0 Å². The lowest BCUT2D eigenvalue weighted by molar-refractivity contribution is -0.670. The molecule has 0 bridgehead atoms. The van der Waals surface area contributed by atoms with Crippen LogP contribution in [-0.2, 0) is 31.8 Å². The van der Waals surface area contributed by atoms with Crippen LogP contribution in [0.25, 0.3) is 11.1 Å². The Morgan fingerprint density at radius 2 is 1.66 bits per heavy atom. The van der Waals surface area contributed by atoms with Crippen LogP contribution in [0.15, 0.2) is 141 Å². The third kappa shape index (κ3) is 6.91. The van der Waals surface area contributed by atoms with Gasteiger partial charge >= 0.3 is 5.97 Å². The molecule has 13 nitrogen and oxygen atoms in total. The highest BCUT2D eigenvalue weighted by Gasteiger charge is 2.54. The molecule has 1 saturated heterocycles. The lowest BCUT2D eigenvalue weighted by atomic mass is 9.77. The number of nitrogens with zero attached hydrogens (tertiary/aromatic N) is 5. The number of carboxylic acids is 1. The molecule has 56 heavy (non-hydrogen) atoms. The van der Waals surface area contributed by atoms with Gasteiger partial charge in [0.15, 0.2) is 34.3 Å². The lowest BCUT2D eigenvalue weighted by Crippen LogP contribution is -2.71. The van der Waals surface area contributed by atoms with E-state index < -0.39 is 34.7 Å². The number of β-lactam (4-membered cyclic amide) rings is 1. The second-order valence-electron chi connectivity index (χ2n) is 12.9. The fourth-order valence-electron chi connectivity index (χ4n) is 6.85. The highest BCUT2D eigenvalue weighted by Crippen LogP contribution is 2.43. The maximum atomic E-state index is 13.8. The van der Waals surface area contributed by atoms with E-state index in [4.69, 9.17) is 14.2 Å². The number of carboxylic acid groups (broad SMARTS) is 1. The Balaban J connectivity index is 1.01. The van der Waals surface area contributed by atoms with Gasteiger partial charge < -0.3 is 25.0 Å². The van der Waals surface area contributed by atoms with Crippen molar-refractivity contribution in [2.45, 2.75) is 22.2 Å². The molecular formula is C40H34N7O6S3+. The van der Waals surface area contributed by atoms with E-state index in [1.807, 2.05) is 84.7 Å². The van der Waals surface area contributed by atoms with Gasteiger partial charge in [0.05, 0.1) is 0 Å². The average Bonchev–Trinajstić information content (AvgIpc) is 3.87. The molecule has 3 aromatic carbocycles. The van der Waals surface area contributed by atoms with Gasteiger partial charge in [-0.15, -0.1) is 23.1 Å². The Kier molecular flexibility index (Phi) is 10.3. The minimum atomic E-state index is -1.23. The first-order valence-corrected chi connectivity index (χ1v) is 20.3. The number of hydrogen-bond acceptors (Lipinski definition) is 12. The molecule has 3 N–H and O–H groups in total. The predicted molar refractivity (Wildman–Crippen MR) is 214 cm³/mol. The first kappa shape index (κ1) is 37.0. The summed E-state index contributed by atoms with van der Waals surface area (Å²) in [5.41, 5.74) is 3.94. The molecule has 0 spiro atoms. The molecule has 2 amide bonds. The number of pyridine rings is 1. The number of aromatic nitrogens is 3. The maximum absolute atomic E-state index is 13.8. The van der Waals surface area contributed by atoms with Crippen LogP contribution in [0, 0.1) is 0 Å². The quantitative estimate of drug-likeness (QED) is 0.0343. The number of benzene rings is 3. The number of hydrogen-bond donors (Lipinski definition) is 3. The number of carbonyl (C=O) groups is 3. The number of oxazole rings is 1. The van der Waals surface area contributed by atoms with Crippen molar-refractivity contribution < 1.29 is 33.3 Å². The van der Waals surface area contributed by atoms with Crippen molar-refractivity contribution in [3.8, 4) is 0 Å². The van der Waals surface area contributed by atoms with Crippen LogP contribution in [0.5, 0.6) is 0 Å². The zero-order chi connectivity index (χ0) is 38.8. The van der Waals surface area contributed by atoms with E-state index in [2.05, 4.69) is 57.2 Å². The number of aliphatic carboxylic acids is 1. The molecule has 282 valence electrons. The van der Waals surface area contributed by atoms with Gasteiger partial charge in [-0.05, 0) is 22.3 Å². The summed E-state index contributed by atoms with van der Waals surface area (Å²) in [7, 11) is 3.20. The van der Waals surface area contributed by atoms with Gasteiger partial charge in [-0.25, -0.2) is 14.3 Å². The van der Waals surface area contributed by atoms with Gasteiger partial charge in [0, 0.05) is 23.0 Å². The van der Waals surface area contributed by atoms with Gasteiger partial charge in [0.25, 0.3) is 17.0 Å². The topological polar surface area (TPSA) is 163 Å². The zero-order valence-corrected chi connectivity index (χ0v) is 32.4. The Morgan fingerprint density at radius 1 is 1.02 bits per heavy atom. The Labute approximate surface area is 333 Å². The average molecular weight is 805 g/mol. The van der Waals surface area contributed by atoms with Gasteiger partial charge in [0.2, 0.25) is 0 Å². The minimum Gasteiger partial charge on any atom is -0.477 e. The third-order valence-electron chi connectivity index (χ3n) is 9.41. The van der Waals surface area contributed by atoms with Crippen LogP contribution in [-0.4, -0.2) is 73.5 Å². The number of nitrogens with one attached hydrogen (secondary N) is 2. The number of thioether (sulfide) groups is 2. The minimum absolute atomic E-state index is 0.0982. The van der Waals surface area contributed by atoms with E-state index in [-0.39, 0.29) is 22.9 Å². The number of amides is 2. The molecule has 5 heterocycles. The molecule has 8 rings (SSSR count). The number of carbonyl (C=O) groups excluding carboxylic acids is 2. The van der Waals surface area contributed by atoms with Crippen molar-refractivity contribution >= 4 is 74.6 Å². The second kappa shape index (κ2) is 15.6. The number of fused-ring (bicyclic) bond motifs is 2. The van der Waals surface area contributed by atoms with Crippen molar-refractivity contribution in [1.82, 2.24) is 20.2 Å². The fourth-order valence-corrected chi connectivity index (χ4v) is 9.92. The third-order valence-corrected chi connectivity index (χ3v) is 12.4. The predicted octanol–water partition coefficient (Wildman–Crippen LogP) is 5.39. The number of oxime groups is 1. The van der Waals surface area contributed by atoms with Gasteiger partial charge in [-0.3, -0.25) is 14.5 Å². The largest absolute Gasteiger partial charge is 0.477 e. The van der Waals surface area contributed by atoms with Crippen LogP contribution in [0.4, 0.5) is 5.13 Å². The van der Waals surface area contributed by atoms with Crippen LogP contribution < -0.4 is 15.2 Å². The van der Waals surface area contributed by atoms with Gasteiger partial charge in [-0.1, -0.05) is 108 Å². The molecule has 16 heteroatoms. The van der Waals surface area contributed by atoms with Gasteiger partial charge in [-0.2, -0.15) is 4.98 Å². The van der Waals surface area contributed by atoms with Crippen LogP contribution in [0.1, 0.15) is 22.4 Å². The molecule has 2 aliphatic rings. The van der Waals surface area contributed by atoms with E-state index in [0.29, 0.717) is 32.8 Å². The lowest BCUT2D eigenvalue weighted by Gasteiger charge is -2.49. The Hall–Kier alpha value is -5.97. The first-order valence-electron chi connectivity index (χ1n) is 17.4. The maximum Gasteiger partial charge on any atom is 0.352 e. The zero-order valence-electron chi connectivity index (χ0n) is 30.0. The summed E-state index contributed by atoms with van der Waals surface area (Å²) < 4.78 is 7.68. The summed E-state index contributed by atoms with van der Waals surface area (Å²) >= 11 is 3.92. The van der Waals surface area contributed by atoms with E-state index in [9.17, 15) is 19.5 Å². The summed E-state index contributed by atoms with van der Waals surface area (Å²) in [6, 6.07) is 31.0. The summed E-state index contributed by atoms with van der Waals surface area (Å²) in [6.45, 7) is 0. The monoisotopic (exact) mass is 804 g/mol. The normalized spacial score (nSPS) is 17.0. The summed E-state index contributed by atoms with van der Waals surface area (Å²) in [5.74, 6) is -1.87. The van der Waals surface area contributed by atoms with Crippen LogP contribution >= 0.6 is 34.9 Å². The van der Waals surface area contributed by atoms with E-state index >= 15 is 0 Å². The van der Waals surface area contributed by atoms with Crippen LogP contribution in [0.2, 0.25) is 0 Å². The molecule has 0 aliphatic carbocycles. The SMILES string of the molecule is CON=C(C(=O)NC1C(=O)N2C(C(=O)O)=C(CSc3nc4c[n+](C)ccc4o3)CS[C@@H]12)c1csc(NC(c2ccccc2)(c2ccccc2)c2ccccc2)n1. The highest BCUT2D eigenvalue weighted by atomic mass is 32.2. The summed E-state index contributed by atoms with van der Waals surface area (Å²) in [5, 5.41) is 22.7. The van der Waals surface area contributed by atoms with Crippen molar-refractivity contribution in [3.05, 3.63) is 148 Å². The highest BCUT2D eigenvalue weighted by molar-refractivity contribution is 8.01.